The third-order valence-electron chi connectivity index (χ3n) is 5.22. The van der Waals surface area contributed by atoms with Crippen LogP contribution in [0, 0.1) is 33.8 Å². The molecule has 3 aromatic carbocycles. The summed E-state index contributed by atoms with van der Waals surface area (Å²) < 4.78 is 0. The van der Waals surface area contributed by atoms with E-state index < -0.39 is 0 Å². The molecule has 0 heterocycles. The number of benzene rings is 2. The van der Waals surface area contributed by atoms with E-state index in [2.05, 4.69) is 108 Å². The van der Waals surface area contributed by atoms with Gasteiger partial charge in [0.15, 0.2) is 0 Å². The second-order valence-corrected chi connectivity index (χ2v) is 7.01. The zero-order valence-corrected chi connectivity index (χ0v) is 22.3. The summed E-state index contributed by atoms with van der Waals surface area (Å²) in [4.78, 5) is 0. The quantitative estimate of drug-likeness (QED) is 0.249. The Morgan fingerprint density at radius 2 is 1.52 bits per heavy atom. The Hall–Kier alpha value is -1.37. The third-order valence-corrected chi connectivity index (χ3v) is 5.22. The van der Waals surface area contributed by atoms with E-state index in [4.69, 9.17) is 0 Å². The number of allylic oxidation sites excluding steroid dienone is 4. The summed E-state index contributed by atoms with van der Waals surface area (Å²) in [5.74, 6) is 0.560. The Morgan fingerprint density at radius 3 is 2.00 bits per heavy atom. The predicted molar refractivity (Wildman–Crippen MR) is 128 cm³/mol. The van der Waals surface area contributed by atoms with E-state index in [0.717, 1.165) is 0 Å². The Morgan fingerprint density at radius 1 is 0.897 bits per heavy atom. The fraction of sp³-hybridized carbons (Fsp3) is 0.222. The average molecular weight is 476 g/mol. The minimum atomic E-state index is 0. The fourth-order valence-electron chi connectivity index (χ4n) is 3.42. The summed E-state index contributed by atoms with van der Waals surface area (Å²) >= 11 is 1.36. The van der Waals surface area contributed by atoms with Gasteiger partial charge in [0.2, 0.25) is 0 Å². The van der Waals surface area contributed by atoms with E-state index in [1.165, 1.54) is 67.5 Å². The topological polar surface area (TPSA) is 0 Å². The van der Waals surface area contributed by atoms with Crippen LogP contribution in [0.2, 0.25) is 0 Å². The minimum absolute atomic E-state index is 0. The molecule has 0 fully saturated rings. The first kappa shape index (κ1) is 27.6. The molecule has 1 atom stereocenters. The van der Waals surface area contributed by atoms with Gasteiger partial charge in [0.1, 0.15) is 0 Å². The Kier molecular flexibility index (Phi) is 12.4. The SMILES string of the molecule is CC1=[C-]C(C)C(C)=C1C.Cc1cc2c(-c3ccccc3)cccc2[cH-]1.[CH3-].[CH3-].[Si]=[Zr]. The van der Waals surface area contributed by atoms with Crippen molar-refractivity contribution in [2.45, 2.75) is 34.6 Å². The maximum absolute atomic E-state index is 3.36. The first-order valence-electron chi connectivity index (χ1n) is 9.21. The maximum atomic E-state index is 3.36. The van der Waals surface area contributed by atoms with Crippen molar-refractivity contribution in [1.82, 2.24) is 0 Å². The second kappa shape index (κ2) is 13.0. The van der Waals surface area contributed by atoms with Crippen molar-refractivity contribution < 1.29 is 23.3 Å². The van der Waals surface area contributed by atoms with Crippen molar-refractivity contribution in [3.05, 3.63) is 104 Å². The molecule has 0 saturated carbocycles. The molecule has 0 saturated heterocycles. The predicted octanol–water partition coefficient (Wildman–Crippen LogP) is 7.77. The van der Waals surface area contributed by atoms with Crippen LogP contribution in [0.25, 0.3) is 21.9 Å². The zero-order chi connectivity index (χ0) is 20.0. The first-order chi connectivity index (χ1) is 13.0. The summed E-state index contributed by atoms with van der Waals surface area (Å²) in [6.45, 7) is 13.9. The molecular weight excluding hydrogens is 444 g/mol. The van der Waals surface area contributed by atoms with E-state index in [-0.39, 0.29) is 14.9 Å². The monoisotopic (exact) mass is 474 g/mol. The molecule has 0 nitrogen and oxygen atoms in total. The molecule has 0 amide bonds. The van der Waals surface area contributed by atoms with E-state index in [9.17, 15) is 0 Å². The zero-order valence-electron chi connectivity index (χ0n) is 18.9. The molecule has 0 aromatic heterocycles. The van der Waals surface area contributed by atoms with Gasteiger partial charge in [-0.3, -0.25) is 6.08 Å². The molecule has 0 bridgehead atoms. The van der Waals surface area contributed by atoms with Crippen molar-refractivity contribution in [3.63, 3.8) is 0 Å². The molecule has 2 heteroatoms. The van der Waals surface area contributed by atoms with Gasteiger partial charge in [0.25, 0.3) is 0 Å². The van der Waals surface area contributed by atoms with E-state index >= 15 is 0 Å². The normalized spacial score (nSPS) is 14.5. The van der Waals surface area contributed by atoms with Gasteiger partial charge in [0, 0.05) is 0 Å². The van der Waals surface area contributed by atoms with Gasteiger partial charge in [-0.25, -0.2) is 5.57 Å². The van der Waals surface area contributed by atoms with E-state index in [0.29, 0.717) is 5.92 Å². The molecule has 0 aliphatic heterocycles. The first-order valence-corrected chi connectivity index (χ1v) is 13.4. The molecule has 1 aliphatic rings. The Bertz CT molecular complexity index is 961. The van der Waals surface area contributed by atoms with Gasteiger partial charge in [-0.1, -0.05) is 75.6 Å². The van der Waals surface area contributed by atoms with Crippen molar-refractivity contribution in [3.8, 4) is 11.1 Å². The van der Waals surface area contributed by atoms with Crippen molar-refractivity contribution in [2.75, 3.05) is 0 Å². The molecule has 4 rings (SSSR count). The molecule has 1 aliphatic carbocycles. The molecule has 0 N–H and O–H groups in total. The van der Waals surface area contributed by atoms with Gasteiger partial charge in [-0.15, -0.1) is 41.5 Å². The van der Waals surface area contributed by atoms with Gasteiger partial charge in [-0.2, -0.15) is 17.2 Å². The molecular formula is C27H32SiZr-4. The van der Waals surface area contributed by atoms with Crippen LogP contribution in [0.4, 0.5) is 0 Å². The van der Waals surface area contributed by atoms with Crippen molar-refractivity contribution in [1.29, 1.82) is 0 Å². The Balaban J connectivity index is 0.000000524. The van der Waals surface area contributed by atoms with Crippen LogP contribution in [-0.4, -0.2) is 6.88 Å². The van der Waals surface area contributed by atoms with Crippen LogP contribution in [0.3, 0.4) is 0 Å². The van der Waals surface area contributed by atoms with E-state index in [1.807, 2.05) is 0 Å². The number of rotatable bonds is 1. The molecule has 152 valence electrons. The molecule has 29 heavy (non-hydrogen) atoms. The molecule has 3 aromatic rings. The Labute approximate surface area is 195 Å². The fourth-order valence-corrected chi connectivity index (χ4v) is 3.42. The van der Waals surface area contributed by atoms with Gasteiger partial charge >= 0.3 is 30.2 Å². The standard InChI is InChI=1S/C16H13.C9H13.2CH3.Si.Zr/c1-12-10-14-8-5-9-15(16(14)11-12)13-6-3-2-4-7-13;1-6-5-7(2)9(4)8(6)3;;;;/h2-11H,1H3;6H,1-4H3;2*1H3;;/q4*-1;;. The van der Waals surface area contributed by atoms with E-state index in [1.54, 1.807) is 0 Å². The van der Waals surface area contributed by atoms with Gasteiger partial charge in [-0.05, 0) is 5.56 Å². The molecule has 1 unspecified atom stereocenters. The summed E-state index contributed by atoms with van der Waals surface area (Å²) in [5, 5.41) is 2.69. The number of fused-ring (bicyclic) bond motifs is 1. The number of hydrogen-bond donors (Lipinski definition) is 0. The third kappa shape index (κ3) is 6.83. The van der Waals surface area contributed by atoms with Crippen LogP contribution in [0.5, 0.6) is 0 Å². The van der Waals surface area contributed by atoms with Crippen LogP contribution in [0.15, 0.2) is 77.4 Å². The van der Waals surface area contributed by atoms with Gasteiger partial charge < -0.3 is 14.9 Å². The average Bonchev–Trinajstić information content (AvgIpc) is 3.18. The van der Waals surface area contributed by atoms with Gasteiger partial charge in [0.05, 0.1) is 0 Å². The van der Waals surface area contributed by atoms with Crippen LogP contribution < -0.4 is 0 Å². The summed E-state index contributed by atoms with van der Waals surface area (Å²) in [6, 6.07) is 21.6. The number of aryl methyl sites for hydroxylation is 1. The van der Waals surface area contributed by atoms with Crippen LogP contribution in [-0.2, 0) is 23.3 Å². The molecule has 0 spiro atoms. The molecule has 2 radical (unpaired) electrons. The van der Waals surface area contributed by atoms with Crippen LogP contribution in [0.1, 0.15) is 33.3 Å². The van der Waals surface area contributed by atoms with Crippen molar-refractivity contribution in [2.24, 2.45) is 5.92 Å². The second-order valence-electron chi connectivity index (χ2n) is 7.01. The summed E-state index contributed by atoms with van der Waals surface area (Å²) in [7, 11) is 0. The summed E-state index contributed by atoms with van der Waals surface area (Å²) in [5.41, 5.74) is 8.19. The summed E-state index contributed by atoms with van der Waals surface area (Å²) in [6.07, 6.45) is 3.36. The number of hydrogen-bond acceptors (Lipinski definition) is 0. The van der Waals surface area contributed by atoms with Crippen molar-refractivity contribution >= 4 is 17.7 Å². The van der Waals surface area contributed by atoms with Crippen LogP contribution >= 0.6 is 0 Å².